The van der Waals surface area contributed by atoms with Gasteiger partial charge in [0.2, 0.25) is 0 Å². The van der Waals surface area contributed by atoms with Gasteiger partial charge in [0.15, 0.2) is 0 Å². The number of rotatable bonds is 5. The molecule has 0 saturated heterocycles. The molecule has 0 unspecified atom stereocenters. The highest BCUT2D eigenvalue weighted by Gasteiger charge is 2.24. The summed E-state index contributed by atoms with van der Waals surface area (Å²) in [7, 11) is 0. The predicted molar refractivity (Wildman–Crippen MR) is 92.1 cm³/mol. The summed E-state index contributed by atoms with van der Waals surface area (Å²) in [5.41, 5.74) is 2.71. The van der Waals surface area contributed by atoms with Crippen LogP contribution in [0.1, 0.15) is 25.3 Å². The Labute approximate surface area is 140 Å². The van der Waals surface area contributed by atoms with Crippen LogP contribution in [0.25, 0.3) is 11.1 Å². The van der Waals surface area contributed by atoms with Crippen LogP contribution in [0.2, 0.25) is 0 Å². The molecule has 0 aromatic heterocycles. The third-order valence-electron chi connectivity index (χ3n) is 4.10. The topological polar surface area (TPSA) is 37.4 Å². The second-order valence-electron chi connectivity index (χ2n) is 5.81. The summed E-state index contributed by atoms with van der Waals surface area (Å²) in [5.74, 6) is -0.982. The maximum Gasteiger partial charge on any atom is 0.258 e. The molecule has 4 heteroatoms. The minimum atomic E-state index is -0.362. The number of unbranched alkanes of at least 4 members (excludes halogenated alkanes) is 1. The maximum atomic E-state index is 14.4. The van der Waals surface area contributed by atoms with E-state index >= 15 is 0 Å². The zero-order valence-corrected chi connectivity index (χ0v) is 13.5. The standard InChI is InChI=1S/C20H18FNO2/c1-2-3-4-14-5-10-17(18(21)13-14)15-6-8-16(9-7-15)22-19(23)11-12-20(22)24/h5-13H,2-4H2,1H3. The van der Waals surface area contributed by atoms with Gasteiger partial charge in [-0.3, -0.25) is 9.59 Å². The van der Waals surface area contributed by atoms with Gasteiger partial charge in [-0.1, -0.05) is 37.6 Å². The molecule has 1 aliphatic heterocycles. The van der Waals surface area contributed by atoms with Crippen molar-refractivity contribution in [3.63, 3.8) is 0 Å². The third-order valence-corrected chi connectivity index (χ3v) is 4.10. The summed E-state index contributed by atoms with van der Waals surface area (Å²) < 4.78 is 14.4. The smallest absolute Gasteiger partial charge is 0.258 e. The number of imide groups is 1. The SMILES string of the molecule is CCCCc1ccc(-c2ccc(N3C(=O)C=CC3=O)cc2)c(F)c1. The van der Waals surface area contributed by atoms with Gasteiger partial charge >= 0.3 is 0 Å². The number of carbonyl (C=O) groups excluding carboxylic acids is 2. The van der Waals surface area contributed by atoms with E-state index in [1.54, 1.807) is 36.4 Å². The molecule has 2 amide bonds. The molecule has 24 heavy (non-hydrogen) atoms. The molecule has 0 radical (unpaired) electrons. The van der Waals surface area contributed by atoms with Crippen molar-refractivity contribution in [1.82, 2.24) is 0 Å². The number of amides is 2. The third kappa shape index (κ3) is 3.13. The lowest BCUT2D eigenvalue weighted by atomic mass is 10.0. The zero-order valence-electron chi connectivity index (χ0n) is 13.5. The molecule has 2 aromatic rings. The van der Waals surface area contributed by atoms with Gasteiger partial charge in [-0.05, 0) is 42.2 Å². The first kappa shape index (κ1) is 16.1. The monoisotopic (exact) mass is 323 g/mol. The largest absolute Gasteiger partial charge is 0.269 e. The molecule has 0 aliphatic carbocycles. The minimum Gasteiger partial charge on any atom is -0.269 e. The Kier molecular flexibility index (Phi) is 4.56. The van der Waals surface area contributed by atoms with Gasteiger partial charge in [-0.15, -0.1) is 0 Å². The molecule has 1 aliphatic rings. The first-order valence-electron chi connectivity index (χ1n) is 8.05. The average molecular weight is 323 g/mol. The first-order chi connectivity index (χ1) is 11.6. The van der Waals surface area contributed by atoms with E-state index in [2.05, 4.69) is 6.92 Å². The first-order valence-corrected chi connectivity index (χ1v) is 8.05. The second-order valence-corrected chi connectivity index (χ2v) is 5.81. The van der Waals surface area contributed by atoms with E-state index < -0.39 is 0 Å². The van der Waals surface area contributed by atoms with E-state index in [1.807, 2.05) is 6.07 Å². The van der Waals surface area contributed by atoms with Gasteiger partial charge in [-0.2, -0.15) is 0 Å². The van der Waals surface area contributed by atoms with Crippen molar-refractivity contribution in [3.8, 4) is 11.1 Å². The molecule has 0 saturated carbocycles. The summed E-state index contributed by atoms with van der Waals surface area (Å²) in [6, 6.07) is 12.1. The molecule has 0 bridgehead atoms. The van der Waals surface area contributed by atoms with E-state index in [0.29, 0.717) is 16.8 Å². The highest BCUT2D eigenvalue weighted by atomic mass is 19.1. The molecule has 3 nitrogen and oxygen atoms in total. The van der Waals surface area contributed by atoms with Gasteiger partial charge in [-0.25, -0.2) is 9.29 Å². The Morgan fingerprint density at radius 2 is 1.62 bits per heavy atom. The maximum absolute atomic E-state index is 14.4. The minimum absolute atomic E-state index is 0.258. The zero-order chi connectivity index (χ0) is 17.1. The number of hydrogen-bond donors (Lipinski definition) is 0. The molecule has 1 heterocycles. The Bertz CT molecular complexity index is 791. The molecule has 0 N–H and O–H groups in total. The second kappa shape index (κ2) is 6.79. The van der Waals surface area contributed by atoms with E-state index in [0.717, 1.165) is 29.7 Å². The van der Waals surface area contributed by atoms with Crippen LogP contribution < -0.4 is 4.90 Å². The number of aryl methyl sites for hydroxylation is 1. The lowest BCUT2D eigenvalue weighted by molar-refractivity contribution is -0.119. The quantitative estimate of drug-likeness (QED) is 0.771. The number of hydrogen-bond acceptors (Lipinski definition) is 2. The fourth-order valence-corrected chi connectivity index (χ4v) is 2.77. The molecule has 0 fully saturated rings. The molecule has 2 aromatic carbocycles. The summed E-state index contributed by atoms with van der Waals surface area (Å²) in [5, 5.41) is 0. The molecule has 0 atom stereocenters. The van der Waals surface area contributed by atoms with Crippen LogP contribution >= 0.6 is 0 Å². The van der Waals surface area contributed by atoms with Crippen molar-refractivity contribution in [2.45, 2.75) is 26.2 Å². The highest BCUT2D eigenvalue weighted by molar-refractivity contribution is 6.28. The van der Waals surface area contributed by atoms with Crippen LogP contribution in [0.3, 0.4) is 0 Å². The van der Waals surface area contributed by atoms with Crippen molar-refractivity contribution >= 4 is 17.5 Å². The number of halogens is 1. The molecule has 122 valence electrons. The fraction of sp³-hybridized carbons (Fsp3) is 0.200. The van der Waals surface area contributed by atoms with Gasteiger partial charge in [0.05, 0.1) is 5.69 Å². The van der Waals surface area contributed by atoms with Crippen LogP contribution in [-0.4, -0.2) is 11.8 Å². The van der Waals surface area contributed by atoms with Crippen LogP contribution in [0, 0.1) is 5.82 Å². The van der Waals surface area contributed by atoms with Crippen LogP contribution in [0.15, 0.2) is 54.6 Å². The number of nitrogens with zero attached hydrogens (tertiary/aromatic N) is 1. The summed E-state index contributed by atoms with van der Waals surface area (Å²) in [6.07, 6.45) is 5.47. The normalized spacial score (nSPS) is 13.8. The molecular formula is C20H18FNO2. The number of carbonyl (C=O) groups is 2. The Morgan fingerprint density at radius 3 is 2.21 bits per heavy atom. The molecule has 3 rings (SSSR count). The predicted octanol–water partition coefficient (Wildman–Crippen LogP) is 4.26. The number of benzene rings is 2. The van der Waals surface area contributed by atoms with Crippen LogP contribution in [0.5, 0.6) is 0 Å². The summed E-state index contributed by atoms with van der Waals surface area (Å²) in [4.78, 5) is 24.4. The fourth-order valence-electron chi connectivity index (χ4n) is 2.77. The lowest BCUT2D eigenvalue weighted by Gasteiger charge is -2.14. The molecular weight excluding hydrogens is 305 g/mol. The lowest BCUT2D eigenvalue weighted by Crippen LogP contribution is -2.29. The summed E-state index contributed by atoms with van der Waals surface area (Å²) >= 11 is 0. The summed E-state index contributed by atoms with van der Waals surface area (Å²) in [6.45, 7) is 2.11. The van der Waals surface area contributed by atoms with Crippen molar-refractivity contribution < 1.29 is 14.0 Å². The van der Waals surface area contributed by atoms with E-state index in [-0.39, 0.29) is 17.6 Å². The van der Waals surface area contributed by atoms with E-state index in [1.165, 1.54) is 12.2 Å². The van der Waals surface area contributed by atoms with Crippen LogP contribution in [0.4, 0.5) is 10.1 Å². The van der Waals surface area contributed by atoms with Crippen molar-refractivity contribution in [2.75, 3.05) is 4.90 Å². The van der Waals surface area contributed by atoms with Crippen LogP contribution in [-0.2, 0) is 16.0 Å². The highest BCUT2D eigenvalue weighted by Crippen LogP contribution is 2.27. The van der Waals surface area contributed by atoms with Gasteiger partial charge < -0.3 is 0 Å². The van der Waals surface area contributed by atoms with E-state index in [9.17, 15) is 14.0 Å². The van der Waals surface area contributed by atoms with E-state index in [4.69, 9.17) is 0 Å². The van der Waals surface area contributed by atoms with Crippen molar-refractivity contribution in [1.29, 1.82) is 0 Å². The molecule has 0 spiro atoms. The van der Waals surface area contributed by atoms with Crippen molar-refractivity contribution in [2.24, 2.45) is 0 Å². The van der Waals surface area contributed by atoms with Gasteiger partial charge in [0, 0.05) is 17.7 Å². The van der Waals surface area contributed by atoms with Crippen molar-refractivity contribution in [3.05, 3.63) is 66.0 Å². The van der Waals surface area contributed by atoms with Gasteiger partial charge in [0.25, 0.3) is 11.8 Å². The average Bonchev–Trinajstić information content (AvgIpc) is 2.92. The Balaban J connectivity index is 1.83. The Hall–Kier alpha value is -2.75. The Morgan fingerprint density at radius 1 is 0.958 bits per heavy atom. The van der Waals surface area contributed by atoms with Gasteiger partial charge in [0.1, 0.15) is 5.82 Å². The number of anilines is 1.